The fraction of sp³-hybridized carbons (Fsp3) is 0.286. The predicted molar refractivity (Wildman–Crippen MR) is 48.4 cm³/mol. The van der Waals surface area contributed by atoms with Crippen molar-refractivity contribution in [2.45, 2.75) is 6.92 Å². The summed E-state index contributed by atoms with van der Waals surface area (Å²) in [6.45, 7) is 1.79. The number of nitrogens with two attached hydrogens (primary N) is 1. The van der Waals surface area contributed by atoms with Gasteiger partial charge >= 0.3 is 5.97 Å². The van der Waals surface area contributed by atoms with E-state index >= 15 is 0 Å². The highest BCUT2D eigenvalue weighted by Crippen LogP contribution is 2.20. The van der Waals surface area contributed by atoms with E-state index in [0.717, 1.165) is 10.0 Å². The first-order valence-corrected chi connectivity index (χ1v) is 4.08. The summed E-state index contributed by atoms with van der Waals surface area (Å²) in [5, 5.41) is 0. The molecule has 0 atom stereocenters. The van der Waals surface area contributed by atoms with Crippen molar-refractivity contribution in [2.24, 2.45) is 0 Å². The summed E-state index contributed by atoms with van der Waals surface area (Å²) in [5.74, 6) is 5.07. The maximum Gasteiger partial charge on any atom is 0.356 e. The Kier molecular flexibility index (Phi) is 2.42. The second kappa shape index (κ2) is 3.18. The van der Waals surface area contributed by atoms with Crippen LogP contribution < -0.4 is 5.84 Å². The smallest absolute Gasteiger partial charge is 0.356 e. The van der Waals surface area contributed by atoms with E-state index in [9.17, 15) is 4.79 Å². The average molecular weight is 233 g/mol. The Labute approximate surface area is 78.4 Å². The number of carbonyl (C=O) groups is 1. The van der Waals surface area contributed by atoms with Gasteiger partial charge in [-0.3, -0.25) is 4.68 Å². The monoisotopic (exact) mass is 232 g/mol. The zero-order valence-corrected chi connectivity index (χ0v) is 8.38. The van der Waals surface area contributed by atoms with Crippen molar-refractivity contribution in [1.82, 2.24) is 4.68 Å². The molecule has 1 aromatic heterocycles. The summed E-state index contributed by atoms with van der Waals surface area (Å²) in [6.07, 6.45) is 1.61. The van der Waals surface area contributed by atoms with Gasteiger partial charge < -0.3 is 10.6 Å². The molecule has 0 saturated carbocycles. The number of aromatic nitrogens is 1. The van der Waals surface area contributed by atoms with Crippen molar-refractivity contribution in [2.75, 3.05) is 13.0 Å². The Morgan fingerprint density at radius 1 is 1.75 bits per heavy atom. The van der Waals surface area contributed by atoms with Gasteiger partial charge in [0.05, 0.1) is 7.11 Å². The first-order chi connectivity index (χ1) is 5.57. The van der Waals surface area contributed by atoms with E-state index in [2.05, 4.69) is 20.7 Å². The van der Waals surface area contributed by atoms with Crippen molar-refractivity contribution < 1.29 is 9.53 Å². The van der Waals surface area contributed by atoms with Crippen LogP contribution in [0.15, 0.2) is 10.7 Å². The standard InChI is InChI=1S/C7H9BrN2O2/c1-4-5(8)3-10(9)6(4)7(11)12-2/h3H,9H2,1-2H3. The molecule has 5 heteroatoms. The highest BCUT2D eigenvalue weighted by molar-refractivity contribution is 9.10. The fourth-order valence-corrected chi connectivity index (χ4v) is 1.35. The SMILES string of the molecule is COC(=O)c1c(C)c(Br)cn1N. The molecule has 1 rings (SSSR count). The predicted octanol–water partition coefficient (Wildman–Crippen LogP) is 1.06. The molecule has 1 aromatic rings. The molecule has 0 aliphatic rings. The Bertz CT molecular complexity index is 319. The van der Waals surface area contributed by atoms with Crippen LogP contribution in [-0.4, -0.2) is 17.8 Å². The van der Waals surface area contributed by atoms with Crippen LogP contribution in [-0.2, 0) is 4.74 Å². The molecule has 0 amide bonds. The van der Waals surface area contributed by atoms with Gasteiger partial charge in [-0.2, -0.15) is 0 Å². The minimum absolute atomic E-state index is 0.365. The minimum atomic E-state index is -0.430. The average Bonchev–Trinajstić information content (AvgIpc) is 2.26. The number of halogens is 1. The molecular weight excluding hydrogens is 224 g/mol. The van der Waals surface area contributed by atoms with Gasteiger partial charge in [0.15, 0.2) is 5.69 Å². The molecule has 0 bridgehead atoms. The van der Waals surface area contributed by atoms with Gasteiger partial charge in [-0.05, 0) is 28.4 Å². The topological polar surface area (TPSA) is 57.2 Å². The Morgan fingerprint density at radius 3 is 2.67 bits per heavy atom. The summed E-state index contributed by atoms with van der Waals surface area (Å²) in [5.41, 5.74) is 1.15. The number of carbonyl (C=O) groups excluding carboxylic acids is 1. The molecule has 12 heavy (non-hydrogen) atoms. The van der Waals surface area contributed by atoms with Crippen molar-refractivity contribution in [3.8, 4) is 0 Å². The number of methoxy groups -OCH3 is 1. The van der Waals surface area contributed by atoms with Crippen molar-refractivity contribution in [3.05, 3.63) is 21.9 Å². The van der Waals surface area contributed by atoms with Crippen molar-refractivity contribution in [1.29, 1.82) is 0 Å². The lowest BCUT2D eigenvalue weighted by molar-refractivity contribution is 0.0590. The summed E-state index contributed by atoms with van der Waals surface area (Å²) in [7, 11) is 1.32. The molecular formula is C7H9BrN2O2. The third-order valence-electron chi connectivity index (χ3n) is 1.60. The third-order valence-corrected chi connectivity index (χ3v) is 2.40. The lowest BCUT2D eigenvalue weighted by Crippen LogP contribution is -2.17. The van der Waals surface area contributed by atoms with Gasteiger partial charge in [-0.25, -0.2) is 4.79 Å². The number of hydrogen-bond donors (Lipinski definition) is 1. The van der Waals surface area contributed by atoms with E-state index in [4.69, 9.17) is 5.84 Å². The Morgan fingerprint density at radius 2 is 2.33 bits per heavy atom. The van der Waals surface area contributed by atoms with Gasteiger partial charge in [-0.1, -0.05) is 0 Å². The van der Waals surface area contributed by atoms with E-state index in [1.165, 1.54) is 11.8 Å². The van der Waals surface area contributed by atoms with Crippen LogP contribution in [0.3, 0.4) is 0 Å². The summed E-state index contributed by atoms with van der Waals surface area (Å²) in [6, 6.07) is 0. The van der Waals surface area contributed by atoms with Crippen LogP contribution in [0.5, 0.6) is 0 Å². The molecule has 0 saturated heterocycles. The van der Waals surface area contributed by atoms with Gasteiger partial charge in [0.25, 0.3) is 0 Å². The van der Waals surface area contributed by atoms with Gasteiger partial charge in [0.2, 0.25) is 0 Å². The second-order valence-electron chi connectivity index (χ2n) is 2.35. The molecule has 0 aliphatic carbocycles. The summed E-state index contributed by atoms with van der Waals surface area (Å²) in [4.78, 5) is 11.1. The summed E-state index contributed by atoms with van der Waals surface area (Å²) < 4.78 is 6.59. The van der Waals surface area contributed by atoms with E-state index in [1.807, 2.05) is 0 Å². The summed E-state index contributed by atoms with van der Waals surface area (Å²) >= 11 is 3.26. The molecule has 0 radical (unpaired) electrons. The van der Waals surface area contributed by atoms with Crippen LogP contribution in [0.4, 0.5) is 0 Å². The van der Waals surface area contributed by atoms with Crippen LogP contribution in [0.1, 0.15) is 16.1 Å². The van der Waals surface area contributed by atoms with E-state index in [-0.39, 0.29) is 0 Å². The Balaban J connectivity index is 3.22. The Hall–Kier alpha value is -0.970. The maximum absolute atomic E-state index is 11.1. The van der Waals surface area contributed by atoms with Crippen LogP contribution in [0.25, 0.3) is 0 Å². The molecule has 0 aromatic carbocycles. The highest BCUT2D eigenvalue weighted by Gasteiger charge is 2.16. The number of ether oxygens (including phenoxy) is 1. The van der Waals surface area contributed by atoms with E-state index < -0.39 is 5.97 Å². The highest BCUT2D eigenvalue weighted by atomic mass is 79.9. The van der Waals surface area contributed by atoms with E-state index in [0.29, 0.717) is 5.69 Å². The van der Waals surface area contributed by atoms with Crippen molar-refractivity contribution in [3.63, 3.8) is 0 Å². The van der Waals surface area contributed by atoms with Gasteiger partial charge in [0, 0.05) is 10.7 Å². The lowest BCUT2D eigenvalue weighted by Gasteiger charge is -2.01. The number of hydrogen-bond acceptors (Lipinski definition) is 3. The largest absolute Gasteiger partial charge is 0.464 e. The molecule has 0 unspecified atom stereocenters. The molecule has 0 fully saturated rings. The first-order valence-electron chi connectivity index (χ1n) is 3.28. The zero-order valence-electron chi connectivity index (χ0n) is 6.80. The zero-order chi connectivity index (χ0) is 9.30. The minimum Gasteiger partial charge on any atom is -0.464 e. The quantitative estimate of drug-likeness (QED) is 0.582. The van der Waals surface area contributed by atoms with E-state index in [1.54, 1.807) is 13.1 Å². The maximum atomic E-state index is 11.1. The first kappa shape index (κ1) is 9.12. The molecule has 2 N–H and O–H groups in total. The number of rotatable bonds is 1. The lowest BCUT2D eigenvalue weighted by atomic mass is 10.3. The van der Waals surface area contributed by atoms with Crippen LogP contribution in [0, 0.1) is 6.92 Å². The fourth-order valence-electron chi connectivity index (χ4n) is 0.945. The molecule has 0 aliphatic heterocycles. The van der Waals surface area contributed by atoms with Crippen LogP contribution in [0.2, 0.25) is 0 Å². The molecule has 66 valence electrons. The third kappa shape index (κ3) is 1.32. The molecule has 0 spiro atoms. The number of nitrogen functional groups attached to an aromatic ring is 1. The number of esters is 1. The second-order valence-corrected chi connectivity index (χ2v) is 3.20. The van der Waals surface area contributed by atoms with Crippen molar-refractivity contribution >= 4 is 21.9 Å². The van der Waals surface area contributed by atoms with Gasteiger partial charge in [0.1, 0.15) is 0 Å². The molecule has 4 nitrogen and oxygen atoms in total. The molecule has 1 heterocycles. The normalized spacial score (nSPS) is 9.92. The van der Waals surface area contributed by atoms with Crippen LogP contribution >= 0.6 is 15.9 Å². The number of nitrogens with zero attached hydrogens (tertiary/aromatic N) is 1. The van der Waals surface area contributed by atoms with Gasteiger partial charge in [-0.15, -0.1) is 0 Å².